The molecule has 0 bridgehead atoms. The van der Waals surface area contributed by atoms with Gasteiger partial charge in [-0.1, -0.05) is 0 Å². The Kier molecular flexibility index (Phi) is 4.59. The number of amidine groups is 1. The number of rotatable bonds is 4. The lowest BCUT2D eigenvalue weighted by Crippen LogP contribution is -2.34. The highest BCUT2D eigenvalue weighted by atomic mass is 32.2. The summed E-state index contributed by atoms with van der Waals surface area (Å²) in [5.41, 5.74) is 8.78. The van der Waals surface area contributed by atoms with Crippen LogP contribution in [0.15, 0.2) is 23.2 Å². The van der Waals surface area contributed by atoms with Crippen molar-refractivity contribution in [2.45, 2.75) is 6.92 Å². The second-order valence-corrected chi connectivity index (χ2v) is 6.80. The predicted octanol–water partition coefficient (Wildman–Crippen LogP) is 1.94. The standard InChI is InChI=1S/C16H22N4OS/c1-11-13-10-12(2-3-14(13)19-16(11)21)15(17)18-4-5-20-6-8-22-9-7-20/h2-3,10,19,21H,4-9H2,1H3,(H2,17,18). The smallest absolute Gasteiger partial charge is 0.192 e. The number of nitrogens with zero attached hydrogens (tertiary/aromatic N) is 2. The Morgan fingerprint density at radius 1 is 1.41 bits per heavy atom. The van der Waals surface area contributed by atoms with Crippen LogP contribution in [-0.4, -0.2) is 58.5 Å². The van der Waals surface area contributed by atoms with E-state index in [0.29, 0.717) is 5.84 Å². The van der Waals surface area contributed by atoms with Crippen LogP contribution in [0.25, 0.3) is 10.9 Å². The average Bonchev–Trinajstić information content (AvgIpc) is 2.83. The number of thioether (sulfide) groups is 1. The molecule has 2 aromatic rings. The normalized spacial score (nSPS) is 17.2. The van der Waals surface area contributed by atoms with Gasteiger partial charge in [-0.2, -0.15) is 11.8 Å². The third-order valence-corrected chi connectivity index (χ3v) is 5.07. The van der Waals surface area contributed by atoms with Crippen LogP contribution in [-0.2, 0) is 0 Å². The van der Waals surface area contributed by atoms with Crippen molar-refractivity contribution in [3.05, 3.63) is 29.3 Å². The minimum atomic E-state index is 0.214. The second kappa shape index (κ2) is 6.62. The maximum absolute atomic E-state index is 9.73. The van der Waals surface area contributed by atoms with Crippen molar-refractivity contribution < 1.29 is 5.11 Å². The summed E-state index contributed by atoms with van der Waals surface area (Å²) in [6.07, 6.45) is 0. The monoisotopic (exact) mass is 318 g/mol. The Morgan fingerprint density at radius 2 is 2.18 bits per heavy atom. The van der Waals surface area contributed by atoms with Crippen molar-refractivity contribution in [2.24, 2.45) is 10.7 Å². The summed E-state index contributed by atoms with van der Waals surface area (Å²) in [5.74, 6) is 3.21. The molecule has 0 radical (unpaired) electrons. The summed E-state index contributed by atoms with van der Waals surface area (Å²) in [6.45, 7) is 5.88. The number of nitrogens with one attached hydrogen (secondary N) is 1. The first-order valence-corrected chi connectivity index (χ1v) is 8.72. The number of nitrogens with two attached hydrogens (primary N) is 1. The molecule has 2 heterocycles. The van der Waals surface area contributed by atoms with Crippen molar-refractivity contribution in [3.63, 3.8) is 0 Å². The van der Waals surface area contributed by atoms with Gasteiger partial charge >= 0.3 is 0 Å². The van der Waals surface area contributed by atoms with Gasteiger partial charge in [-0.15, -0.1) is 0 Å². The Morgan fingerprint density at radius 3 is 2.95 bits per heavy atom. The molecule has 0 unspecified atom stereocenters. The van der Waals surface area contributed by atoms with Crippen LogP contribution in [0.2, 0.25) is 0 Å². The number of aromatic nitrogens is 1. The third kappa shape index (κ3) is 3.23. The van der Waals surface area contributed by atoms with E-state index in [1.165, 1.54) is 11.5 Å². The molecule has 0 spiro atoms. The summed E-state index contributed by atoms with van der Waals surface area (Å²) in [7, 11) is 0. The number of aromatic amines is 1. The van der Waals surface area contributed by atoms with Gasteiger partial charge in [0, 0.05) is 53.2 Å². The molecule has 22 heavy (non-hydrogen) atoms. The first kappa shape index (κ1) is 15.2. The minimum absolute atomic E-state index is 0.214. The largest absolute Gasteiger partial charge is 0.494 e. The molecule has 1 fully saturated rings. The molecule has 4 N–H and O–H groups in total. The summed E-state index contributed by atoms with van der Waals surface area (Å²) >= 11 is 2.01. The fourth-order valence-electron chi connectivity index (χ4n) is 2.70. The van der Waals surface area contributed by atoms with E-state index in [4.69, 9.17) is 5.73 Å². The van der Waals surface area contributed by atoms with Crippen LogP contribution >= 0.6 is 11.8 Å². The Bertz CT molecular complexity index is 689. The zero-order chi connectivity index (χ0) is 15.5. The highest BCUT2D eigenvalue weighted by Gasteiger charge is 2.10. The van der Waals surface area contributed by atoms with E-state index in [9.17, 15) is 5.11 Å². The molecule has 3 rings (SSSR count). The van der Waals surface area contributed by atoms with Gasteiger partial charge in [0.05, 0.1) is 6.54 Å². The van der Waals surface area contributed by atoms with Crippen LogP contribution in [0.4, 0.5) is 0 Å². The Hall–Kier alpha value is -1.66. The number of aromatic hydroxyl groups is 1. The molecule has 5 nitrogen and oxygen atoms in total. The predicted molar refractivity (Wildman–Crippen MR) is 94.1 cm³/mol. The lowest BCUT2D eigenvalue weighted by Gasteiger charge is -2.25. The molecule has 1 saturated heterocycles. The third-order valence-electron chi connectivity index (χ3n) is 4.13. The van der Waals surface area contributed by atoms with Crippen LogP contribution < -0.4 is 5.73 Å². The van der Waals surface area contributed by atoms with E-state index in [0.717, 1.165) is 48.2 Å². The lowest BCUT2D eigenvalue weighted by atomic mass is 10.1. The molecule has 1 aliphatic heterocycles. The van der Waals surface area contributed by atoms with Crippen LogP contribution in [0.1, 0.15) is 11.1 Å². The Labute approximate surface area is 134 Å². The molecule has 0 aliphatic carbocycles. The summed E-state index contributed by atoms with van der Waals surface area (Å²) in [4.78, 5) is 9.89. The van der Waals surface area contributed by atoms with E-state index in [1.807, 2.05) is 36.9 Å². The highest BCUT2D eigenvalue weighted by molar-refractivity contribution is 7.99. The van der Waals surface area contributed by atoms with Gasteiger partial charge in [-0.05, 0) is 25.1 Å². The van der Waals surface area contributed by atoms with Crippen molar-refractivity contribution in [3.8, 4) is 5.88 Å². The molecular formula is C16H22N4OS. The quantitative estimate of drug-likeness (QED) is 0.595. The molecule has 1 aliphatic rings. The SMILES string of the molecule is Cc1c(O)[nH]c2ccc(C(N)=NCCN3CCSCC3)cc12. The Balaban J connectivity index is 1.69. The number of hydrogen-bond acceptors (Lipinski definition) is 4. The zero-order valence-corrected chi connectivity index (χ0v) is 13.6. The minimum Gasteiger partial charge on any atom is -0.494 e. The van der Waals surface area contributed by atoms with E-state index < -0.39 is 0 Å². The molecule has 6 heteroatoms. The van der Waals surface area contributed by atoms with E-state index in [2.05, 4.69) is 14.9 Å². The van der Waals surface area contributed by atoms with Crippen molar-refractivity contribution in [1.29, 1.82) is 0 Å². The number of aryl methyl sites for hydroxylation is 1. The maximum atomic E-state index is 9.73. The van der Waals surface area contributed by atoms with Crippen molar-refractivity contribution in [2.75, 3.05) is 37.7 Å². The molecule has 1 aromatic heterocycles. The van der Waals surface area contributed by atoms with Crippen molar-refractivity contribution in [1.82, 2.24) is 9.88 Å². The van der Waals surface area contributed by atoms with Gasteiger partial charge in [-0.3, -0.25) is 9.89 Å². The molecule has 1 aromatic carbocycles. The van der Waals surface area contributed by atoms with E-state index >= 15 is 0 Å². The zero-order valence-electron chi connectivity index (χ0n) is 12.8. The van der Waals surface area contributed by atoms with Gasteiger partial charge in [-0.25, -0.2) is 0 Å². The summed E-state index contributed by atoms with van der Waals surface area (Å²) < 4.78 is 0. The fraction of sp³-hybridized carbons (Fsp3) is 0.438. The summed E-state index contributed by atoms with van der Waals surface area (Å²) in [5, 5.41) is 10.7. The van der Waals surface area contributed by atoms with Crippen LogP contribution in [0, 0.1) is 6.92 Å². The van der Waals surface area contributed by atoms with Gasteiger partial charge in [0.2, 0.25) is 0 Å². The van der Waals surface area contributed by atoms with Crippen molar-refractivity contribution >= 4 is 28.5 Å². The maximum Gasteiger partial charge on any atom is 0.192 e. The van der Waals surface area contributed by atoms with E-state index in [-0.39, 0.29) is 5.88 Å². The average molecular weight is 318 g/mol. The van der Waals surface area contributed by atoms with Crippen LogP contribution in [0.5, 0.6) is 5.88 Å². The van der Waals surface area contributed by atoms with Gasteiger partial charge in [0.1, 0.15) is 5.84 Å². The fourth-order valence-corrected chi connectivity index (χ4v) is 3.68. The number of fused-ring (bicyclic) bond motifs is 1. The van der Waals surface area contributed by atoms with E-state index in [1.54, 1.807) is 0 Å². The van der Waals surface area contributed by atoms with Gasteiger partial charge in [0.15, 0.2) is 5.88 Å². The number of hydrogen-bond donors (Lipinski definition) is 3. The molecule has 0 saturated carbocycles. The molecule has 0 amide bonds. The lowest BCUT2D eigenvalue weighted by molar-refractivity contribution is 0.311. The molecular weight excluding hydrogens is 296 g/mol. The first-order chi connectivity index (χ1) is 10.6. The number of aliphatic imine (C=N–C) groups is 1. The first-order valence-electron chi connectivity index (χ1n) is 7.57. The summed E-state index contributed by atoms with van der Waals surface area (Å²) in [6, 6.07) is 5.85. The number of benzene rings is 1. The molecule has 118 valence electrons. The van der Waals surface area contributed by atoms with Crippen LogP contribution in [0.3, 0.4) is 0 Å². The second-order valence-electron chi connectivity index (χ2n) is 5.58. The highest BCUT2D eigenvalue weighted by Crippen LogP contribution is 2.26. The van der Waals surface area contributed by atoms with Gasteiger partial charge in [0.25, 0.3) is 0 Å². The topological polar surface area (TPSA) is 77.6 Å². The number of H-pyrrole nitrogens is 1. The van der Waals surface area contributed by atoms with Gasteiger partial charge < -0.3 is 15.8 Å². The molecule has 0 atom stereocenters.